The summed E-state index contributed by atoms with van der Waals surface area (Å²) in [5, 5.41) is 3.21. The summed E-state index contributed by atoms with van der Waals surface area (Å²) in [6.07, 6.45) is 3.16. The van der Waals surface area contributed by atoms with Gasteiger partial charge in [-0.25, -0.2) is 4.79 Å². The molecule has 0 aromatic rings. The first-order valence-corrected chi connectivity index (χ1v) is 3.95. The lowest BCUT2D eigenvalue weighted by Gasteiger charge is -2.18. The van der Waals surface area contributed by atoms with Gasteiger partial charge < -0.3 is 10.1 Å². The van der Waals surface area contributed by atoms with Gasteiger partial charge in [0.25, 0.3) is 0 Å². The molecule has 0 spiro atoms. The zero-order chi connectivity index (χ0) is 9.61. The Kier molecular flexibility index (Phi) is 4.59. The van der Waals surface area contributed by atoms with E-state index in [2.05, 4.69) is 30.8 Å². The molecule has 3 nitrogen and oxygen atoms in total. The zero-order valence-corrected chi connectivity index (χ0v) is 8.18. The first kappa shape index (κ1) is 11.2. The van der Waals surface area contributed by atoms with Crippen LogP contribution in [0.3, 0.4) is 0 Å². The Morgan fingerprint density at radius 2 is 2.08 bits per heavy atom. The van der Waals surface area contributed by atoms with Crippen LogP contribution in [0.2, 0.25) is 0 Å². The fourth-order valence-corrected chi connectivity index (χ4v) is 0.588. The van der Waals surface area contributed by atoms with Gasteiger partial charge in [0.05, 0.1) is 7.11 Å². The summed E-state index contributed by atoms with van der Waals surface area (Å²) in [6, 6.07) is 0. The van der Waals surface area contributed by atoms with Crippen LogP contribution in [0.1, 0.15) is 20.8 Å². The molecule has 0 heterocycles. The van der Waals surface area contributed by atoms with Crippen molar-refractivity contribution in [1.29, 1.82) is 0 Å². The van der Waals surface area contributed by atoms with Crippen molar-refractivity contribution in [3.05, 3.63) is 12.2 Å². The van der Waals surface area contributed by atoms with Crippen molar-refractivity contribution >= 4 is 5.97 Å². The topological polar surface area (TPSA) is 38.3 Å². The van der Waals surface area contributed by atoms with Gasteiger partial charge in [0.2, 0.25) is 0 Å². The normalized spacial score (nSPS) is 12.0. The Hall–Kier alpha value is -0.830. The lowest BCUT2D eigenvalue weighted by molar-refractivity contribution is -0.134. The molecule has 0 aliphatic rings. The molecule has 0 aliphatic heterocycles. The van der Waals surface area contributed by atoms with Gasteiger partial charge in [0, 0.05) is 18.2 Å². The van der Waals surface area contributed by atoms with E-state index in [1.165, 1.54) is 13.2 Å². The highest BCUT2D eigenvalue weighted by atomic mass is 16.5. The maximum atomic E-state index is 10.6. The fraction of sp³-hybridized carbons (Fsp3) is 0.667. The molecule has 70 valence electrons. The van der Waals surface area contributed by atoms with E-state index >= 15 is 0 Å². The first-order valence-electron chi connectivity index (χ1n) is 3.95. The van der Waals surface area contributed by atoms with Crippen molar-refractivity contribution in [3.8, 4) is 0 Å². The molecular weight excluding hydrogens is 154 g/mol. The van der Waals surface area contributed by atoms with Crippen molar-refractivity contribution in [2.45, 2.75) is 26.3 Å². The van der Waals surface area contributed by atoms with E-state index in [0.29, 0.717) is 6.54 Å². The van der Waals surface area contributed by atoms with Crippen LogP contribution in [0.25, 0.3) is 0 Å². The third-order valence-electron chi connectivity index (χ3n) is 1.21. The average Bonchev–Trinajstić information content (AvgIpc) is 1.96. The number of ether oxygens (including phenoxy) is 1. The largest absolute Gasteiger partial charge is 0.466 e. The summed E-state index contributed by atoms with van der Waals surface area (Å²) < 4.78 is 4.43. The number of esters is 1. The van der Waals surface area contributed by atoms with Crippen LogP contribution in [0, 0.1) is 0 Å². The van der Waals surface area contributed by atoms with Crippen LogP contribution >= 0.6 is 0 Å². The van der Waals surface area contributed by atoms with Crippen LogP contribution in [0.4, 0.5) is 0 Å². The molecule has 0 rings (SSSR count). The number of hydrogen-bond donors (Lipinski definition) is 1. The van der Waals surface area contributed by atoms with E-state index in [1.807, 2.05) is 0 Å². The van der Waals surface area contributed by atoms with E-state index in [9.17, 15) is 4.79 Å². The maximum Gasteiger partial charge on any atom is 0.330 e. The Morgan fingerprint density at radius 1 is 1.50 bits per heavy atom. The summed E-state index contributed by atoms with van der Waals surface area (Å²) in [5.74, 6) is -0.314. The highest BCUT2D eigenvalue weighted by Crippen LogP contribution is 1.96. The van der Waals surface area contributed by atoms with Crippen LogP contribution in [-0.2, 0) is 9.53 Å². The minimum absolute atomic E-state index is 0.0838. The maximum absolute atomic E-state index is 10.6. The van der Waals surface area contributed by atoms with Crippen molar-refractivity contribution in [1.82, 2.24) is 5.32 Å². The Bertz CT molecular complexity index is 168. The zero-order valence-electron chi connectivity index (χ0n) is 8.18. The highest BCUT2D eigenvalue weighted by molar-refractivity contribution is 5.81. The average molecular weight is 171 g/mol. The van der Waals surface area contributed by atoms with Crippen molar-refractivity contribution < 1.29 is 9.53 Å². The predicted octanol–water partition coefficient (Wildman–Crippen LogP) is 1.10. The van der Waals surface area contributed by atoms with E-state index in [4.69, 9.17) is 0 Å². The number of methoxy groups -OCH3 is 1. The van der Waals surface area contributed by atoms with Crippen LogP contribution in [-0.4, -0.2) is 25.2 Å². The van der Waals surface area contributed by atoms with E-state index < -0.39 is 0 Å². The second-order valence-electron chi connectivity index (χ2n) is 3.56. The Balaban J connectivity index is 3.56. The highest BCUT2D eigenvalue weighted by Gasteiger charge is 2.05. The Labute approximate surface area is 73.8 Å². The number of nitrogens with one attached hydrogen (secondary N) is 1. The van der Waals surface area contributed by atoms with Crippen LogP contribution in [0.15, 0.2) is 12.2 Å². The van der Waals surface area contributed by atoms with E-state index in [-0.39, 0.29) is 11.5 Å². The minimum Gasteiger partial charge on any atom is -0.466 e. The molecule has 3 heteroatoms. The second kappa shape index (κ2) is 4.93. The van der Waals surface area contributed by atoms with E-state index in [1.54, 1.807) is 6.08 Å². The predicted molar refractivity (Wildman–Crippen MR) is 48.9 cm³/mol. The molecule has 0 amide bonds. The van der Waals surface area contributed by atoms with Gasteiger partial charge in [0.1, 0.15) is 0 Å². The Morgan fingerprint density at radius 3 is 2.50 bits per heavy atom. The van der Waals surface area contributed by atoms with E-state index in [0.717, 1.165) is 0 Å². The lowest BCUT2D eigenvalue weighted by Crippen LogP contribution is -2.35. The number of carbonyl (C=O) groups excluding carboxylic acids is 1. The van der Waals surface area contributed by atoms with Crippen molar-refractivity contribution in [3.63, 3.8) is 0 Å². The fourth-order valence-electron chi connectivity index (χ4n) is 0.588. The summed E-state index contributed by atoms with van der Waals surface area (Å²) in [7, 11) is 1.36. The van der Waals surface area contributed by atoms with Gasteiger partial charge in [-0.3, -0.25) is 0 Å². The van der Waals surface area contributed by atoms with Crippen LogP contribution in [0.5, 0.6) is 0 Å². The molecule has 0 atom stereocenters. The standard InChI is InChI=1S/C9H17NO2/c1-9(2,3)10-7-5-6-8(11)12-4/h5-6,10H,7H2,1-4H3. The van der Waals surface area contributed by atoms with Gasteiger partial charge in [-0.2, -0.15) is 0 Å². The molecule has 0 unspecified atom stereocenters. The van der Waals surface area contributed by atoms with Gasteiger partial charge >= 0.3 is 5.97 Å². The quantitative estimate of drug-likeness (QED) is 0.510. The molecule has 0 bridgehead atoms. The molecule has 0 saturated heterocycles. The smallest absolute Gasteiger partial charge is 0.330 e. The summed E-state index contributed by atoms with van der Waals surface area (Å²) in [6.45, 7) is 6.88. The third kappa shape index (κ3) is 7.28. The van der Waals surface area contributed by atoms with Crippen molar-refractivity contribution in [2.24, 2.45) is 0 Å². The third-order valence-corrected chi connectivity index (χ3v) is 1.21. The number of carbonyl (C=O) groups is 1. The van der Waals surface area contributed by atoms with Gasteiger partial charge in [-0.1, -0.05) is 6.08 Å². The molecular formula is C9H17NO2. The molecule has 0 aromatic heterocycles. The minimum atomic E-state index is -0.314. The first-order chi connectivity index (χ1) is 5.45. The molecule has 0 saturated carbocycles. The van der Waals surface area contributed by atoms with Gasteiger partial charge in [0.15, 0.2) is 0 Å². The molecule has 0 aromatic carbocycles. The molecule has 1 N–H and O–H groups in total. The summed E-state index contributed by atoms with van der Waals surface area (Å²) in [4.78, 5) is 10.6. The summed E-state index contributed by atoms with van der Waals surface area (Å²) in [5.41, 5.74) is 0.0838. The second-order valence-corrected chi connectivity index (χ2v) is 3.56. The molecule has 0 fully saturated rings. The lowest BCUT2D eigenvalue weighted by atomic mass is 10.1. The SMILES string of the molecule is COC(=O)C=CCNC(C)(C)C. The van der Waals surface area contributed by atoms with Gasteiger partial charge in [-0.15, -0.1) is 0 Å². The molecule has 0 radical (unpaired) electrons. The number of rotatable bonds is 3. The van der Waals surface area contributed by atoms with Gasteiger partial charge in [-0.05, 0) is 20.8 Å². The summed E-state index contributed by atoms with van der Waals surface area (Å²) >= 11 is 0. The number of hydrogen-bond acceptors (Lipinski definition) is 3. The molecule has 0 aliphatic carbocycles. The van der Waals surface area contributed by atoms with Crippen LogP contribution < -0.4 is 5.32 Å². The van der Waals surface area contributed by atoms with Crippen molar-refractivity contribution in [2.75, 3.05) is 13.7 Å². The monoisotopic (exact) mass is 171 g/mol. The molecule has 12 heavy (non-hydrogen) atoms.